The summed E-state index contributed by atoms with van der Waals surface area (Å²) in [6.45, 7) is 3.70. The number of ether oxygens (including phenoxy) is 2. The zero-order chi connectivity index (χ0) is 13.3. The zero-order valence-electron chi connectivity index (χ0n) is 10.2. The first-order chi connectivity index (χ1) is 7.90. The van der Waals surface area contributed by atoms with Crippen molar-refractivity contribution in [2.75, 3.05) is 13.2 Å². The second-order valence-corrected chi connectivity index (χ2v) is 3.62. The van der Waals surface area contributed by atoms with E-state index in [1.54, 1.807) is 6.92 Å². The molecular weight excluding hydrogens is 237 g/mol. The molecule has 0 saturated carbocycles. The highest BCUT2D eigenvalue weighted by molar-refractivity contribution is 5.74. The first-order valence-corrected chi connectivity index (χ1v) is 5.75. The van der Waals surface area contributed by atoms with Crippen LogP contribution in [-0.4, -0.2) is 31.5 Å². The van der Waals surface area contributed by atoms with Gasteiger partial charge < -0.3 is 9.47 Å². The first kappa shape index (κ1) is 16.2. The van der Waals surface area contributed by atoms with Crippen molar-refractivity contribution in [1.29, 1.82) is 0 Å². The summed E-state index contributed by atoms with van der Waals surface area (Å²) in [7, 11) is 0. The quantitative estimate of drug-likeness (QED) is 0.494. The Morgan fingerprint density at radius 1 is 1.29 bits per heavy atom. The molecule has 17 heavy (non-hydrogen) atoms. The van der Waals surface area contributed by atoms with Gasteiger partial charge in [0, 0.05) is 13.0 Å². The van der Waals surface area contributed by atoms with Crippen molar-refractivity contribution in [2.24, 2.45) is 0 Å². The molecule has 0 aliphatic heterocycles. The second-order valence-electron chi connectivity index (χ2n) is 3.62. The molecule has 0 aromatic carbocycles. The summed E-state index contributed by atoms with van der Waals surface area (Å²) in [5, 5.41) is 0. The SMILES string of the molecule is CCCC(OCCCC(F)(F)F)C(=O)OCC. The van der Waals surface area contributed by atoms with Crippen LogP contribution < -0.4 is 0 Å². The lowest BCUT2D eigenvalue weighted by atomic mass is 10.2. The van der Waals surface area contributed by atoms with Gasteiger partial charge in [-0.25, -0.2) is 4.79 Å². The molecule has 0 rings (SSSR count). The van der Waals surface area contributed by atoms with Crippen molar-refractivity contribution in [3.63, 3.8) is 0 Å². The Bertz CT molecular complexity index is 216. The topological polar surface area (TPSA) is 35.5 Å². The van der Waals surface area contributed by atoms with E-state index in [1.165, 1.54) is 0 Å². The number of hydrogen-bond donors (Lipinski definition) is 0. The summed E-state index contributed by atoms with van der Waals surface area (Å²) in [5.41, 5.74) is 0. The molecule has 6 heteroatoms. The Kier molecular flexibility index (Phi) is 7.95. The fraction of sp³-hybridized carbons (Fsp3) is 0.909. The van der Waals surface area contributed by atoms with Crippen molar-refractivity contribution in [1.82, 2.24) is 0 Å². The van der Waals surface area contributed by atoms with Gasteiger partial charge in [0.15, 0.2) is 6.10 Å². The standard InChI is InChI=1S/C11H19F3O3/c1-3-6-9(10(15)16-4-2)17-8-5-7-11(12,13)14/h9H,3-8H2,1-2H3. The van der Waals surface area contributed by atoms with Gasteiger partial charge in [-0.05, 0) is 19.8 Å². The molecule has 102 valence electrons. The highest BCUT2D eigenvalue weighted by Gasteiger charge is 2.27. The highest BCUT2D eigenvalue weighted by atomic mass is 19.4. The molecule has 0 N–H and O–H groups in total. The van der Waals surface area contributed by atoms with Crippen LogP contribution >= 0.6 is 0 Å². The van der Waals surface area contributed by atoms with Gasteiger partial charge in [-0.1, -0.05) is 13.3 Å². The minimum atomic E-state index is -4.17. The fourth-order valence-electron chi connectivity index (χ4n) is 1.26. The van der Waals surface area contributed by atoms with Crippen LogP contribution in [0, 0.1) is 0 Å². The molecule has 0 amide bonds. The summed E-state index contributed by atoms with van der Waals surface area (Å²) in [6, 6.07) is 0. The summed E-state index contributed by atoms with van der Waals surface area (Å²) in [6.07, 6.45) is -4.77. The maximum Gasteiger partial charge on any atom is 0.389 e. The van der Waals surface area contributed by atoms with E-state index in [0.29, 0.717) is 12.8 Å². The average Bonchev–Trinajstić information content (AvgIpc) is 2.21. The number of esters is 1. The molecule has 0 aromatic rings. The van der Waals surface area contributed by atoms with E-state index in [9.17, 15) is 18.0 Å². The molecular formula is C11H19F3O3. The van der Waals surface area contributed by atoms with Crippen molar-refractivity contribution >= 4 is 5.97 Å². The van der Waals surface area contributed by atoms with E-state index in [2.05, 4.69) is 0 Å². The number of carbonyl (C=O) groups is 1. The lowest BCUT2D eigenvalue weighted by molar-refractivity contribution is -0.159. The Hall–Kier alpha value is -0.780. The van der Waals surface area contributed by atoms with Gasteiger partial charge in [-0.3, -0.25) is 0 Å². The minimum absolute atomic E-state index is 0.0804. The maximum atomic E-state index is 11.9. The molecule has 1 unspecified atom stereocenters. The number of alkyl halides is 3. The van der Waals surface area contributed by atoms with Crippen LogP contribution in [-0.2, 0) is 14.3 Å². The Labute approximate surface area is 99.3 Å². The molecule has 0 saturated heterocycles. The Morgan fingerprint density at radius 2 is 1.94 bits per heavy atom. The summed E-state index contributed by atoms with van der Waals surface area (Å²) in [5.74, 6) is -0.499. The number of hydrogen-bond acceptors (Lipinski definition) is 3. The van der Waals surface area contributed by atoms with E-state index in [1.807, 2.05) is 6.92 Å². The van der Waals surface area contributed by atoms with Crippen molar-refractivity contribution in [2.45, 2.75) is 51.8 Å². The van der Waals surface area contributed by atoms with Gasteiger partial charge in [0.25, 0.3) is 0 Å². The fourth-order valence-corrected chi connectivity index (χ4v) is 1.26. The molecule has 0 radical (unpaired) electrons. The molecule has 0 heterocycles. The first-order valence-electron chi connectivity index (χ1n) is 5.75. The lowest BCUT2D eigenvalue weighted by Gasteiger charge is -2.15. The molecule has 0 spiro atoms. The van der Waals surface area contributed by atoms with E-state index in [4.69, 9.17) is 9.47 Å². The lowest BCUT2D eigenvalue weighted by Crippen LogP contribution is -2.27. The molecule has 0 fully saturated rings. The van der Waals surface area contributed by atoms with Gasteiger partial charge in [0.2, 0.25) is 0 Å². The van der Waals surface area contributed by atoms with Crippen LogP contribution in [0.3, 0.4) is 0 Å². The monoisotopic (exact) mass is 256 g/mol. The third-order valence-electron chi connectivity index (χ3n) is 2.02. The third kappa shape index (κ3) is 8.97. The maximum absolute atomic E-state index is 11.9. The zero-order valence-corrected chi connectivity index (χ0v) is 10.2. The highest BCUT2D eigenvalue weighted by Crippen LogP contribution is 2.21. The largest absolute Gasteiger partial charge is 0.464 e. The molecule has 3 nitrogen and oxygen atoms in total. The molecule has 0 aliphatic rings. The Morgan fingerprint density at radius 3 is 2.41 bits per heavy atom. The van der Waals surface area contributed by atoms with Crippen molar-refractivity contribution in [3.8, 4) is 0 Å². The predicted octanol–water partition coefficient (Wildman–Crippen LogP) is 3.08. The number of halogens is 3. The molecule has 0 aliphatic carbocycles. The van der Waals surface area contributed by atoms with Crippen molar-refractivity contribution < 1.29 is 27.4 Å². The van der Waals surface area contributed by atoms with Gasteiger partial charge in [-0.2, -0.15) is 13.2 Å². The number of rotatable bonds is 8. The van der Waals surface area contributed by atoms with E-state index in [-0.39, 0.29) is 19.6 Å². The third-order valence-corrected chi connectivity index (χ3v) is 2.02. The smallest absolute Gasteiger partial charge is 0.389 e. The molecule has 0 aromatic heterocycles. The predicted molar refractivity (Wildman–Crippen MR) is 56.6 cm³/mol. The second kappa shape index (κ2) is 8.33. The average molecular weight is 256 g/mol. The molecule has 0 bridgehead atoms. The van der Waals surface area contributed by atoms with E-state index in [0.717, 1.165) is 0 Å². The van der Waals surface area contributed by atoms with Crippen LogP contribution in [0.15, 0.2) is 0 Å². The van der Waals surface area contributed by atoms with Gasteiger partial charge >= 0.3 is 12.1 Å². The molecule has 1 atom stereocenters. The van der Waals surface area contributed by atoms with E-state index >= 15 is 0 Å². The van der Waals surface area contributed by atoms with E-state index < -0.39 is 24.7 Å². The summed E-state index contributed by atoms with van der Waals surface area (Å²) < 4.78 is 45.5. The number of carbonyl (C=O) groups excluding carboxylic acids is 1. The van der Waals surface area contributed by atoms with Crippen LogP contribution in [0.5, 0.6) is 0 Å². The van der Waals surface area contributed by atoms with Crippen LogP contribution in [0.25, 0.3) is 0 Å². The van der Waals surface area contributed by atoms with Crippen LogP contribution in [0.4, 0.5) is 13.2 Å². The minimum Gasteiger partial charge on any atom is -0.464 e. The van der Waals surface area contributed by atoms with Crippen LogP contribution in [0.2, 0.25) is 0 Å². The van der Waals surface area contributed by atoms with Crippen LogP contribution in [0.1, 0.15) is 39.5 Å². The summed E-state index contributed by atoms with van der Waals surface area (Å²) in [4.78, 5) is 11.4. The van der Waals surface area contributed by atoms with Crippen molar-refractivity contribution in [3.05, 3.63) is 0 Å². The van der Waals surface area contributed by atoms with Gasteiger partial charge in [0.1, 0.15) is 0 Å². The Balaban J connectivity index is 3.89. The van der Waals surface area contributed by atoms with Gasteiger partial charge in [0.05, 0.1) is 6.61 Å². The summed E-state index contributed by atoms with van der Waals surface area (Å²) >= 11 is 0. The normalized spacial score (nSPS) is 13.5. The van der Waals surface area contributed by atoms with Gasteiger partial charge in [-0.15, -0.1) is 0 Å².